The number of amides is 1. The van der Waals surface area contributed by atoms with Crippen LogP contribution in [0.3, 0.4) is 0 Å². The number of thioether (sulfide) groups is 1. The van der Waals surface area contributed by atoms with Crippen LogP contribution in [0.25, 0.3) is 16.4 Å². The summed E-state index contributed by atoms with van der Waals surface area (Å²) >= 11 is 1.76. The maximum absolute atomic E-state index is 13.5. The third kappa shape index (κ3) is 4.56. The molecule has 0 aliphatic rings. The van der Waals surface area contributed by atoms with E-state index >= 15 is 0 Å². The van der Waals surface area contributed by atoms with Crippen LogP contribution in [0.15, 0.2) is 91.4 Å². The lowest BCUT2D eigenvalue weighted by Crippen LogP contribution is -2.32. The van der Waals surface area contributed by atoms with Crippen LogP contribution in [0, 0.1) is 0 Å². The topological polar surface area (TPSA) is 64.2 Å². The normalized spacial score (nSPS) is 13.2. The highest BCUT2D eigenvalue weighted by Crippen LogP contribution is 2.30. The molecule has 5 rings (SSSR count). The van der Waals surface area contributed by atoms with Gasteiger partial charge in [0.2, 0.25) is 5.91 Å². The predicted octanol–water partition coefficient (Wildman–Crippen LogP) is 5.27. The molecule has 0 bridgehead atoms. The molecule has 3 aromatic heterocycles. The van der Waals surface area contributed by atoms with Gasteiger partial charge in [0, 0.05) is 18.6 Å². The molecule has 5 aromatic rings. The van der Waals surface area contributed by atoms with Crippen molar-refractivity contribution in [1.29, 1.82) is 0 Å². The number of nitrogens with zero attached hydrogens (tertiary/aromatic N) is 4. The van der Waals surface area contributed by atoms with E-state index in [0.717, 1.165) is 29.2 Å². The predicted molar refractivity (Wildman–Crippen MR) is 138 cm³/mol. The van der Waals surface area contributed by atoms with Crippen molar-refractivity contribution in [2.24, 2.45) is 0 Å². The summed E-state index contributed by atoms with van der Waals surface area (Å²) in [7, 11) is 0. The minimum Gasteiger partial charge on any atom is -0.346 e. The minimum atomic E-state index is -0.213. The minimum absolute atomic E-state index is 0.00887. The highest BCUT2D eigenvalue weighted by molar-refractivity contribution is 7.98. The lowest BCUT2D eigenvalue weighted by molar-refractivity contribution is -0.122. The lowest BCUT2D eigenvalue weighted by Gasteiger charge is -2.23. The van der Waals surface area contributed by atoms with Gasteiger partial charge in [-0.05, 0) is 59.0 Å². The third-order valence-electron chi connectivity index (χ3n) is 6.15. The van der Waals surface area contributed by atoms with Crippen molar-refractivity contribution < 1.29 is 4.79 Å². The van der Waals surface area contributed by atoms with Crippen LogP contribution in [0.1, 0.15) is 36.3 Å². The quantitative estimate of drug-likeness (QED) is 0.319. The van der Waals surface area contributed by atoms with Gasteiger partial charge in [0.15, 0.2) is 11.5 Å². The fraction of sp³-hybridized carbons (Fsp3) is 0.222. The number of rotatable bonds is 9. The van der Waals surface area contributed by atoms with Crippen molar-refractivity contribution in [3.63, 3.8) is 0 Å². The van der Waals surface area contributed by atoms with Gasteiger partial charge >= 0.3 is 0 Å². The molecule has 1 amide bonds. The van der Waals surface area contributed by atoms with Crippen LogP contribution < -0.4 is 5.32 Å². The van der Waals surface area contributed by atoms with Gasteiger partial charge < -0.3 is 9.88 Å². The first-order valence-electron chi connectivity index (χ1n) is 11.4. The van der Waals surface area contributed by atoms with Crippen molar-refractivity contribution >= 4 is 34.1 Å². The maximum Gasteiger partial charge on any atom is 0.223 e. The smallest absolute Gasteiger partial charge is 0.223 e. The van der Waals surface area contributed by atoms with Crippen molar-refractivity contribution in [2.45, 2.75) is 24.9 Å². The highest BCUT2D eigenvalue weighted by Gasteiger charge is 2.24. The molecule has 6 nitrogen and oxygen atoms in total. The molecule has 0 fully saturated rings. The fourth-order valence-corrected chi connectivity index (χ4v) is 4.97. The second-order valence-corrected chi connectivity index (χ2v) is 9.29. The number of pyridine rings is 1. The molecule has 0 aliphatic carbocycles. The lowest BCUT2D eigenvalue weighted by atomic mass is 9.96. The summed E-state index contributed by atoms with van der Waals surface area (Å²) in [5.41, 5.74) is 1.92. The molecule has 3 heterocycles. The number of carbonyl (C=O) groups excluding carboxylic acids is 1. The van der Waals surface area contributed by atoms with Crippen molar-refractivity contribution in [3.05, 3.63) is 103 Å². The monoisotopic (exact) mass is 469 g/mol. The largest absolute Gasteiger partial charge is 0.346 e. The Labute approximate surface area is 203 Å². The van der Waals surface area contributed by atoms with Gasteiger partial charge in [-0.1, -0.05) is 48.5 Å². The molecule has 2 atom stereocenters. The summed E-state index contributed by atoms with van der Waals surface area (Å²) in [6.45, 7) is 0. The summed E-state index contributed by atoms with van der Waals surface area (Å²) in [6.07, 6.45) is 9.18. The van der Waals surface area contributed by atoms with E-state index < -0.39 is 0 Å². The van der Waals surface area contributed by atoms with Crippen molar-refractivity contribution in [3.8, 4) is 0 Å². The zero-order chi connectivity index (χ0) is 23.3. The van der Waals surface area contributed by atoms with E-state index in [1.165, 1.54) is 10.8 Å². The van der Waals surface area contributed by atoms with Gasteiger partial charge in [-0.15, -0.1) is 10.2 Å². The SMILES string of the molecule is CSCC[C@H](NC(=O)C[C@@H](c1cccc2ccccc12)n1cccc1)c1nnc2ccccn12. The molecule has 0 radical (unpaired) electrons. The third-order valence-corrected chi connectivity index (χ3v) is 6.79. The van der Waals surface area contributed by atoms with E-state index in [4.69, 9.17) is 0 Å². The van der Waals surface area contributed by atoms with Gasteiger partial charge in [-0.2, -0.15) is 11.8 Å². The van der Waals surface area contributed by atoms with Crippen LogP contribution >= 0.6 is 11.8 Å². The maximum atomic E-state index is 13.5. The number of aromatic nitrogens is 4. The molecule has 1 N–H and O–H groups in total. The van der Waals surface area contributed by atoms with E-state index in [1.54, 1.807) is 11.8 Å². The highest BCUT2D eigenvalue weighted by atomic mass is 32.2. The van der Waals surface area contributed by atoms with Crippen LogP contribution in [0.4, 0.5) is 0 Å². The molecule has 0 spiro atoms. The standard InChI is InChI=1S/C27H27N5OS/c1-34-18-14-23(27-30-29-25-13-4-5-17-32(25)27)28-26(33)19-24(31-15-6-7-16-31)22-12-8-10-20-9-2-3-11-21(20)22/h2-13,15-17,23-24H,14,18-19H2,1H3,(H,28,33)/t23-,24-/m0/s1. The Morgan fingerprint density at radius 1 is 0.941 bits per heavy atom. The summed E-state index contributed by atoms with van der Waals surface area (Å²) < 4.78 is 4.07. The molecule has 2 aromatic carbocycles. The molecule has 0 saturated carbocycles. The van der Waals surface area contributed by atoms with Crippen LogP contribution in [0.5, 0.6) is 0 Å². The number of hydrogen-bond acceptors (Lipinski definition) is 4. The Bertz CT molecular complexity index is 1390. The first kappa shape index (κ1) is 22.2. The molecule has 0 saturated heterocycles. The van der Waals surface area contributed by atoms with E-state index in [1.807, 2.05) is 65.5 Å². The summed E-state index contributed by atoms with van der Waals surface area (Å²) in [5, 5.41) is 14.3. The van der Waals surface area contributed by atoms with E-state index in [0.29, 0.717) is 6.42 Å². The Balaban J connectivity index is 1.44. The summed E-state index contributed by atoms with van der Waals surface area (Å²) in [6, 6.07) is 24.1. The van der Waals surface area contributed by atoms with Gasteiger partial charge in [-0.3, -0.25) is 9.20 Å². The van der Waals surface area contributed by atoms with Gasteiger partial charge in [0.05, 0.1) is 18.5 Å². The van der Waals surface area contributed by atoms with Gasteiger partial charge in [0.25, 0.3) is 0 Å². The zero-order valence-electron chi connectivity index (χ0n) is 19.0. The molecule has 172 valence electrons. The fourth-order valence-electron chi connectivity index (χ4n) is 4.50. The van der Waals surface area contributed by atoms with E-state index in [2.05, 4.69) is 56.7 Å². The average molecular weight is 470 g/mol. The second kappa shape index (κ2) is 10.1. The molecule has 34 heavy (non-hydrogen) atoms. The Hall–Kier alpha value is -3.58. The van der Waals surface area contributed by atoms with E-state index in [9.17, 15) is 4.79 Å². The first-order chi connectivity index (χ1) is 16.7. The first-order valence-corrected chi connectivity index (χ1v) is 12.8. The summed E-state index contributed by atoms with van der Waals surface area (Å²) in [5.74, 6) is 1.67. The molecular formula is C27H27N5OS. The number of carbonyl (C=O) groups is 1. The van der Waals surface area contributed by atoms with Crippen LogP contribution in [0.2, 0.25) is 0 Å². The molecular weight excluding hydrogens is 442 g/mol. The average Bonchev–Trinajstić information content (AvgIpc) is 3.55. The van der Waals surface area contributed by atoms with Gasteiger partial charge in [0.1, 0.15) is 0 Å². The number of nitrogens with one attached hydrogen (secondary N) is 1. The molecule has 0 aliphatic heterocycles. The zero-order valence-corrected chi connectivity index (χ0v) is 19.9. The number of benzene rings is 2. The molecule has 7 heteroatoms. The van der Waals surface area contributed by atoms with Gasteiger partial charge in [-0.25, -0.2) is 0 Å². The van der Waals surface area contributed by atoms with Crippen molar-refractivity contribution in [2.75, 3.05) is 12.0 Å². The Morgan fingerprint density at radius 2 is 1.71 bits per heavy atom. The molecule has 0 unspecified atom stereocenters. The number of fused-ring (bicyclic) bond motifs is 2. The Kier molecular flexibility index (Phi) is 6.62. The van der Waals surface area contributed by atoms with Crippen LogP contribution in [-0.4, -0.2) is 37.1 Å². The van der Waals surface area contributed by atoms with Crippen molar-refractivity contribution in [1.82, 2.24) is 24.5 Å². The Morgan fingerprint density at radius 3 is 2.56 bits per heavy atom. The number of hydrogen-bond donors (Lipinski definition) is 1. The summed E-state index contributed by atoms with van der Waals surface area (Å²) in [4.78, 5) is 13.5. The van der Waals surface area contributed by atoms with Crippen LogP contribution in [-0.2, 0) is 4.79 Å². The van der Waals surface area contributed by atoms with E-state index in [-0.39, 0.29) is 18.0 Å². The second-order valence-electron chi connectivity index (χ2n) is 8.31.